The number of nitro groups is 1. The molecular weight excluding hydrogens is 236 g/mol. The molecule has 1 aromatic rings. The summed E-state index contributed by atoms with van der Waals surface area (Å²) in [4.78, 5) is 10.3. The molecule has 1 fully saturated rings. The van der Waals surface area contributed by atoms with E-state index in [1.807, 2.05) is 0 Å². The van der Waals surface area contributed by atoms with Crippen molar-refractivity contribution < 1.29 is 14.8 Å². The monoisotopic (exact) mass is 252 g/mol. The highest BCUT2D eigenvalue weighted by molar-refractivity contribution is 5.56. The Morgan fingerprint density at radius 3 is 2.72 bits per heavy atom. The second-order valence-electron chi connectivity index (χ2n) is 4.61. The van der Waals surface area contributed by atoms with Gasteiger partial charge in [-0.15, -0.1) is 0 Å². The highest BCUT2D eigenvalue weighted by Gasteiger charge is 2.34. The second kappa shape index (κ2) is 4.81. The summed E-state index contributed by atoms with van der Waals surface area (Å²) in [6.07, 6.45) is 2.56. The number of non-ortho nitro benzene ring substituents is 1. The zero-order chi connectivity index (χ0) is 13.2. The van der Waals surface area contributed by atoms with Crippen molar-refractivity contribution in [2.75, 3.05) is 19.0 Å². The van der Waals surface area contributed by atoms with Crippen LogP contribution in [0, 0.1) is 10.1 Å². The maximum atomic E-state index is 10.8. The predicted molar refractivity (Wildman–Crippen MR) is 66.9 cm³/mol. The number of nitrogens with one attached hydrogen (secondary N) is 1. The van der Waals surface area contributed by atoms with Gasteiger partial charge in [0, 0.05) is 24.4 Å². The highest BCUT2D eigenvalue weighted by atomic mass is 16.6. The fourth-order valence-corrected chi connectivity index (χ4v) is 1.94. The van der Waals surface area contributed by atoms with Crippen molar-refractivity contribution in [2.45, 2.75) is 24.9 Å². The quantitative estimate of drug-likeness (QED) is 0.618. The Kier molecular flexibility index (Phi) is 3.38. The third-order valence-electron chi connectivity index (χ3n) is 3.24. The molecule has 0 spiro atoms. The molecule has 0 bridgehead atoms. The summed E-state index contributed by atoms with van der Waals surface area (Å²) in [5.74, 6) is 0.423. The van der Waals surface area contributed by atoms with Gasteiger partial charge in [0.05, 0.1) is 23.7 Å². The van der Waals surface area contributed by atoms with Crippen molar-refractivity contribution in [3.8, 4) is 5.75 Å². The maximum Gasteiger partial charge on any atom is 0.275 e. The molecule has 0 radical (unpaired) electrons. The molecule has 0 saturated heterocycles. The molecule has 2 N–H and O–H groups in total. The number of nitro benzene ring substituents is 1. The van der Waals surface area contributed by atoms with E-state index >= 15 is 0 Å². The van der Waals surface area contributed by atoms with Crippen molar-refractivity contribution in [3.05, 3.63) is 28.3 Å². The normalized spacial score (nSPS) is 16.8. The van der Waals surface area contributed by atoms with Gasteiger partial charge in [-0.2, -0.15) is 0 Å². The van der Waals surface area contributed by atoms with Crippen molar-refractivity contribution >= 4 is 11.4 Å². The Labute approximate surface area is 105 Å². The van der Waals surface area contributed by atoms with E-state index in [9.17, 15) is 15.2 Å². The summed E-state index contributed by atoms with van der Waals surface area (Å²) in [5, 5.41) is 23.7. The molecule has 0 amide bonds. The zero-order valence-electron chi connectivity index (χ0n) is 10.2. The van der Waals surface area contributed by atoms with Crippen LogP contribution in [0.4, 0.5) is 11.4 Å². The van der Waals surface area contributed by atoms with Crippen LogP contribution < -0.4 is 10.1 Å². The van der Waals surface area contributed by atoms with Crippen LogP contribution in [0.3, 0.4) is 0 Å². The first-order valence-corrected chi connectivity index (χ1v) is 5.82. The number of anilines is 1. The molecule has 2 rings (SSSR count). The minimum Gasteiger partial charge on any atom is -0.496 e. The van der Waals surface area contributed by atoms with Gasteiger partial charge >= 0.3 is 0 Å². The molecule has 1 saturated carbocycles. The highest BCUT2D eigenvalue weighted by Crippen LogP contribution is 2.32. The van der Waals surface area contributed by atoms with E-state index in [-0.39, 0.29) is 5.69 Å². The first-order valence-electron chi connectivity index (χ1n) is 5.82. The predicted octanol–water partition coefficient (Wildman–Crippen LogP) is 1.93. The van der Waals surface area contributed by atoms with Gasteiger partial charge in [0.15, 0.2) is 0 Å². The van der Waals surface area contributed by atoms with E-state index in [2.05, 4.69) is 5.32 Å². The summed E-state index contributed by atoms with van der Waals surface area (Å²) in [7, 11) is 1.46. The standard InChI is InChI=1S/C12H16N2O4/c1-18-11-6-9(5-10(7-11)14(16)17)13-8-12(15)3-2-4-12/h5-7,13,15H,2-4,8H2,1H3. The average Bonchev–Trinajstić information content (AvgIpc) is 2.33. The first kappa shape index (κ1) is 12.6. The van der Waals surface area contributed by atoms with E-state index in [0.717, 1.165) is 19.3 Å². The van der Waals surface area contributed by atoms with Gasteiger partial charge in [-0.05, 0) is 19.3 Å². The Hall–Kier alpha value is -1.82. The third kappa shape index (κ3) is 2.70. The molecule has 6 heteroatoms. The lowest BCUT2D eigenvalue weighted by atomic mass is 9.80. The molecule has 0 heterocycles. The molecule has 0 aromatic heterocycles. The summed E-state index contributed by atoms with van der Waals surface area (Å²) in [5.41, 5.74) is -0.114. The van der Waals surface area contributed by atoms with Crippen LogP contribution in [-0.2, 0) is 0 Å². The third-order valence-corrected chi connectivity index (χ3v) is 3.24. The number of ether oxygens (including phenoxy) is 1. The molecule has 0 atom stereocenters. The van der Waals surface area contributed by atoms with Crippen molar-refractivity contribution in [3.63, 3.8) is 0 Å². The molecule has 18 heavy (non-hydrogen) atoms. The zero-order valence-corrected chi connectivity index (χ0v) is 10.2. The van der Waals surface area contributed by atoms with Gasteiger partial charge in [-0.3, -0.25) is 10.1 Å². The topological polar surface area (TPSA) is 84.6 Å². The lowest BCUT2D eigenvalue weighted by molar-refractivity contribution is -0.384. The number of methoxy groups -OCH3 is 1. The minimum atomic E-state index is -0.669. The van der Waals surface area contributed by atoms with E-state index < -0.39 is 10.5 Å². The van der Waals surface area contributed by atoms with Gasteiger partial charge in [-0.1, -0.05) is 0 Å². The number of hydrogen-bond acceptors (Lipinski definition) is 5. The Balaban J connectivity index is 2.11. The Morgan fingerprint density at radius 1 is 1.50 bits per heavy atom. The largest absolute Gasteiger partial charge is 0.496 e. The van der Waals surface area contributed by atoms with Gasteiger partial charge in [0.1, 0.15) is 5.75 Å². The number of benzene rings is 1. The van der Waals surface area contributed by atoms with Crippen LogP contribution >= 0.6 is 0 Å². The number of rotatable bonds is 5. The molecule has 1 aromatic carbocycles. The van der Waals surface area contributed by atoms with Gasteiger partial charge in [-0.25, -0.2) is 0 Å². The van der Waals surface area contributed by atoms with Crippen LogP contribution in [0.5, 0.6) is 5.75 Å². The average molecular weight is 252 g/mol. The smallest absolute Gasteiger partial charge is 0.275 e. The minimum absolute atomic E-state index is 0.0301. The molecule has 98 valence electrons. The lowest BCUT2D eigenvalue weighted by Gasteiger charge is -2.36. The van der Waals surface area contributed by atoms with Crippen molar-refractivity contribution in [2.24, 2.45) is 0 Å². The second-order valence-corrected chi connectivity index (χ2v) is 4.61. The van der Waals surface area contributed by atoms with Crippen LogP contribution in [0.1, 0.15) is 19.3 Å². The molecular formula is C12H16N2O4. The SMILES string of the molecule is COc1cc(NCC2(O)CCC2)cc([N+](=O)[O-])c1. The molecule has 6 nitrogen and oxygen atoms in total. The van der Waals surface area contributed by atoms with Gasteiger partial charge in [0.2, 0.25) is 0 Å². The van der Waals surface area contributed by atoms with Crippen LogP contribution in [0.25, 0.3) is 0 Å². The summed E-state index contributed by atoms with van der Waals surface area (Å²) < 4.78 is 5.01. The molecule has 0 aliphatic heterocycles. The maximum absolute atomic E-state index is 10.8. The molecule has 1 aliphatic rings. The summed E-state index contributed by atoms with van der Waals surface area (Å²) in [6.45, 7) is 0.400. The fraction of sp³-hybridized carbons (Fsp3) is 0.500. The summed E-state index contributed by atoms with van der Waals surface area (Å²) in [6, 6.07) is 4.48. The Morgan fingerprint density at radius 2 is 2.22 bits per heavy atom. The van der Waals surface area contributed by atoms with E-state index in [4.69, 9.17) is 4.74 Å². The van der Waals surface area contributed by atoms with Crippen molar-refractivity contribution in [1.82, 2.24) is 0 Å². The number of aliphatic hydroxyl groups is 1. The van der Waals surface area contributed by atoms with Gasteiger partial charge in [0.25, 0.3) is 5.69 Å². The van der Waals surface area contributed by atoms with E-state index in [1.165, 1.54) is 19.2 Å². The van der Waals surface area contributed by atoms with Crippen molar-refractivity contribution in [1.29, 1.82) is 0 Å². The summed E-state index contributed by atoms with van der Waals surface area (Å²) >= 11 is 0. The van der Waals surface area contributed by atoms with Crippen LogP contribution in [0.2, 0.25) is 0 Å². The Bertz CT molecular complexity index is 457. The lowest BCUT2D eigenvalue weighted by Crippen LogP contribution is -2.43. The van der Waals surface area contributed by atoms with Crippen LogP contribution in [0.15, 0.2) is 18.2 Å². The van der Waals surface area contributed by atoms with E-state index in [1.54, 1.807) is 6.07 Å². The van der Waals surface area contributed by atoms with E-state index in [0.29, 0.717) is 18.0 Å². The molecule has 0 unspecified atom stereocenters. The fourth-order valence-electron chi connectivity index (χ4n) is 1.94. The molecule has 1 aliphatic carbocycles. The van der Waals surface area contributed by atoms with Crippen LogP contribution in [-0.4, -0.2) is 29.3 Å². The van der Waals surface area contributed by atoms with Gasteiger partial charge < -0.3 is 15.2 Å². The number of hydrogen-bond donors (Lipinski definition) is 2. The number of nitrogens with zero attached hydrogens (tertiary/aromatic N) is 1. The first-order chi connectivity index (χ1) is 8.52.